The first-order valence-electron chi connectivity index (χ1n) is 6.29. The minimum absolute atomic E-state index is 0.0152. The molecule has 110 valence electrons. The normalized spacial score (nSPS) is 10.9. The Morgan fingerprint density at radius 2 is 2.00 bits per heavy atom. The van der Waals surface area contributed by atoms with Gasteiger partial charge in [0, 0.05) is 12.1 Å². The molecule has 0 aromatic heterocycles. The van der Waals surface area contributed by atoms with Gasteiger partial charge >= 0.3 is 0 Å². The fourth-order valence-electron chi connectivity index (χ4n) is 1.69. The van der Waals surface area contributed by atoms with Crippen LogP contribution < -0.4 is 15.8 Å². The van der Waals surface area contributed by atoms with Gasteiger partial charge in [-0.05, 0) is 32.4 Å². The first kappa shape index (κ1) is 16.0. The molecule has 0 aliphatic carbocycles. The zero-order chi connectivity index (χ0) is 15.2. The molecule has 0 radical (unpaired) electrons. The number of amides is 2. The second-order valence-corrected chi connectivity index (χ2v) is 5.05. The fraction of sp³-hybridized carbons (Fsp3) is 0.429. The molecule has 0 spiro atoms. The van der Waals surface area contributed by atoms with Crippen LogP contribution in [0.2, 0.25) is 0 Å². The van der Waals surface area contributed by atoms with E-state index >= 15 is 0 Å². The zero-order valence-electron chi connectivity index (χ0n) is 11.7. The monoisotopic (exact) mass is 280 g/mol. The number of aliphatic hydroxyl groups excluding tert-OH is 1. The lowest BCUT2D eigenvalue weighted by molar-refractivity contribution is -0.124. The number of rotatable bonds is 7. The van der Waals surface area contributed by atoms with E-state index in [-0.39, 0.29) is 30.4 Å². The largest absolute Gasteiger partial charge is 0.483 e. The number of nitrogens with one attached hydrogen (secondary N) is 1. The van der Waals surface area contributed by atoms with Crippen molar-refractivity contribution in [2.45, 2.75) is 25.8 Å². The maximum absolute atomic E-state index is 11.8. The average Bonchev–Trinajstić information content (AvgIpc) is 2.35. The van der Waals surface area contributed by atoms with Crippen molar-refractivity contribution in [1.82, 2.24) is 5.32 Å². The van der Waals surface area contributed by atoms with Crippen LogP contribution in [0.15, 0.2) is 24.3 Å². The third-order valence-electron chi connectivity index (χ3n) is 2.73. The lowest BCUT2D eigenvalue weighted by Gasteiger charge is -2.25. The van der Waals surface area contributed by atoms with Gasteiger partial charge in [0.2, 0.25) is 0 Å². The summed E-state index contributed by atoms with van der Waals surface area (Å²) in [5, 5.41) is 11.6. The number of ether oxygens (including phenoxy) is 1. The molecule has 0 saturated heterocycles. The molecular weight excluding hydrogens is 260 g/mol. The van der Waals surface area contributed by atoms with Gasteiger partial charge in [0.15, 0.2) is 6.61 Å². The van der Waals surface area contributed by atoms with Crippen LogP contribution in [-0.4, -0.2) is 35.7 Å². The molecule has 1 rings (SSSR count). The van der Waals surface area contributed by atoms with Crippen LogP contribution in [0, 0.1) is 0 Å². The maximum atomic E-state index is 11.8. The second kappa shape index (κ2) is 6.91. The summed E-state index contributed by atoms with van der Waals surface area (Å²) < 4.78 is 5.31. The Bertz CT molecular complexity index is 486. The average molecular weight is 280 g/mol. The van der Waals surface area contributed by atoms with Crippen molar-refractivity contribution < 1.29 is 19.4 Å². The molecule has 6 nitrogen and oxygen atoms in total. The number of carbonyl (C=O) groups is 2. The summed E-state index contributed by atoms with van der Waals surface area (Å²) in [5.41, 5.74) is 4.93. The van der Waals surface area contributed by atoms with Crippen molar-refractivity contribution in [3.8, 4) is 5.75 Å². The fourth-order valence-corrected chi connectivity index (χ4v) is 1.69. The first-order chi connectivity index (χ1) is 9.35. The topological polar surface area (TPSA) is 102 Å². The highest BCUT2D eigenvalue weighted by Crippen LogP contribution is 2.17. The number of hydrogen-bond donors (Lipinski definition) is 3. The van der Waals surface area contributed by atoms with Gasteiger partial charge in [0.25, 0.3) is 11.8 Å². The number of para-hydroxylation sites is 1. The van der Waals surface area contributed by atoms with Crippen molar-refractivity contribution in [1.29, 1.82) is 0 Å². The van der Waals surface area contributed by atoms with Crippen LogP contribution in [0.3, 0.4) is 0 Å². The molecule has 0 unspecified atom stereocenters. The number of benzene rings is 1. The van der Waals surface area contributed by atoms with Crippen LogP contribution in [-0.2, 0) is 4.79 Å². The highest BCUT2D eigenvalue weighted by Gasteiger charge is 2.20. The van der Waals surface area contributed by atoms with Gasteiger partial charge < -0.3 is 20.9 Å². The van der Waals surface area contributed by atoms with Crippen molar-refractivity contribution in [3.63, 3.8) is 0 Å². The third-order valence-corrected chi connectivity index (χ3v) is 2.73. The lowest BCUT2D eigenvalue weighted by Crippen LogP contribution is -2.46. The molecular formula is C14H20N2O4. The van der Waals surface area contributed by atoms with Gasteiger partial charge in [-0.3, -0.25) is 9.59 Å². The smallest absolute Gasteiger partial charge is 0.258 e. The number of aliphatic hydroxyl groups is 1. The number of carbonyl (C=O) groups excluding carboxylic acids is 2. The summed E-state index contributed by atoms with van der Waals surface area (Å²) in [6, 6.07) is 6.46. The van der Waals surface area contributed by atoms with Gasteiger partial charge in [-0.25, -0.2) is 0 Å². The molecule has 0 aliphatic heterocycles. The predicted molar refractivity (Wildman–Crippen MR) is 74.4 cm³/mol. The summed E-state index contributed by atoms with van der Waals surface area (Å²) in [6.07, 6.45) is 0.441. The zero-order valence-corrected chi connectivity index (χ0v) is 11.7. The quantitative estimate of drug-likeness (QED) is 0.674. The van der Waals surface area contributed by atoms with Crippen LogP contribution in [0.5, 0.6) is 5.75 Å². The lowest BCUT2D eigenvalue weighted by atomic mass is 10.0. The minimum atomic E-state index is -0.610. The van der Waals surface area contributed by atoms with Crippen molar-refractivity contribution in [2.75, 3.05) is 13.2 Å². The molecule has 1 aromatic rings. The van der Waals surface area contributed by atoms with Crippen LogP contribution in [0.4, 0.5) is 0 Å². The van der Waals surface area contributed by atoms with Crippen molar-refractivity contribution in [2.24, 2.45) is 5.73 Å². The standard InChI is InChI=1S/C14H20N2O4/c1-14(2,7-8-17)16-12(18)9-20-11-6-4-3-5-10(11)13(15)19/h3-6,17H,7-9H2,1-2H3,(H2,15,19)(H,16,18). The van der Waals surface area contributed by atoms with E-state index in [1.165, 1.54) is 6.07 Å². The predicted octanol–water partition coefficient (Wildman–Crippen LogP) is 0.441. The highest BCUT2D eigenvalue weighted by atomic mass is 16.5. The Morgan fingerprint density at radius 3 is 2.60 bits per heavy atom. The van der Waals surface area contributed by atoms with Crippen LogP contribution >= 0.6 is 0 Å². The molecule has 1 aromatic carbocycles. The first-order valence-corrected chi connectivity index (χ1v) is 6.29. The molecule has 0 aliphatic rings. The number of primary amides is 1. The van der Waals surface area contributed by atoms with Gasteiger partial charge in [0.05, 0.1) is 5.56 Å². The third kappa shape index (κ3) is 4.89. The molecule has 6 heteroatoms. The van der Waals surface area contributed by atoms with Crippen molar-refractivity contribution >= 4 is 11.8 Å². The van der Waals surface area contributed by atoms with E-state index in [1.54, 1.807) is 32.0 Å². The molecule has 0 saturated carbocycles. The van der Waals surface area contributed by atoms with Gasteiger partial charge in [-0.15, -0.1) is 0 Å². The molecule has 0 fully saturated rings. The van der Waals surface area contributed by atoms with E-state index in [2.05, 4.69) is 5.32 Å². The summed E-state index contributed by atoms with van der Waals surface area (Å²) >= 11 is 0. The Labute approximate surface area is 117 Å². The van der Waals surface area contributed by atoms with E-state index < -0.39 is 11.4 Å². The maximum Gasteiger partial charge on any atom is 0.258 e. The molecule has 4 N–H and O–H groups in total. The van der Waals surface area contributed by atoms with Crippen molar-refractivity contribution in [3.05, 3.63) is 29.8 Å². The summed E-state index contributed by atoms with van der Waals surface area (Å²) in [5.74, 6) is -0.667. The van der Waals surface area contributed by atoms with E-state index in [0.29, 0.717) is 6.42 Å². The van der Waals surface area contributed by atoms with Gasteiger partial charge in [0.1, 0.15) is 5.75 Å². The van der Waals surface area contributed by atoms with Gasteiger partial charge in [-0.1, -0.05) is 12.1 Å². The number of nitrogens with two attached hydrogens (primary N) is 1. The molecule has 2 amide bonds. The Balaban J connectivity index is 2.60. The van der Waals surface area contributed by atoms with Crippen LogP contribution in [0.1, 0.15) is 30.6 Å². The summed E-state index contributed by atoms with van der Waals surface area (Å²) in [4.78, 5) is 22.9. The van der Waals surface area contributed by atoms with E-state index in [1.807, 2.05) is 0 Å². The molecule has 0 bridgehead atoms. The minimum Gasteiger partial charge on any atom is -0.483 e. The summed E-state index contributed by atoms with van der Waals surface area (Å²) in [7, 11) is 0. The molecule has 20 heavy (non-hydrogen) atoms. The van der Waals surface area contributed by atoms with E-state index in [9.17, 15) is 9.59 Å². The molecule has 0 heterocycles. The van der Waals surface area contributed by atoms with E-state index in [4.69, 9.17) is 15.6 Å². The SMILES string of the molecule is CC(C)(CCO)NC(=O)COc1ccccc1C(N)=O. The second-order valence-electron chi connectivity index (χ2n) is 5.05. The summed E-state index contributed by atoms with van der Waals surface area (Å²) in [6.45, 7) is 3.37. The van der Waals surface area contributed by atoms with Crippen LogP contribution in [0.25, 0.3) is 0 Å². The van der Waals surface area contributed by atoms with E-state index in [0.717, 1.165) is 0 Å². The molecule has 0 atom stereocenters. The Kier molecular flexibility index (Phi) is 5.52. The number of hydrogen-bond acceptors (Lipinski definition) is 4. The Morgan fingerprint density at radius 1 is 1.35 bits per heavy atom. The van der Waals surface area contributed by atoms with Gasteiger partial charge in [-0.2, -0.15) is 0 Å². The highest BCUT2D eigenvalue weighted by molar-refractivity contribution is 5.95. The Hall–Kier alpha value is -2.08.